The second-order valence-corrected chi connectivity index (χ2v) is 8.23. The van der Waals surface area contributed by atoms with Gasteiger partial charge in [0.2, 0.25) is 0 Å². The van der Waals surface area contributed by atoms with E-state index >= 15 is 0 Å². The van der Waals surface area contributed by atoms with Crippen LogP contribution < -0.4 is 0 Å². The lowest BCUT2D eigenvalue weighted by molar-refractivity contribution is -0.192. The number of halogens is 3. The van der Waals surface area contributed by atoms with Gasteiger partial charge in [-0.2, -0.15) is 13.2 Å². The van der Waals surface area contributed by atoms with E-state index in [0.717, 1.165) is 65.2 Å². The smallest absolute Gasteiger partial charge is 0.475 e. The van der Waals surface area contributed by atoms with E-state index in [2.05, 4.69) is 11.0 Å². The van der Waals surface area contributed by atoms with E-state index in [9.17, 15) is 13.2 Å². The molecule has 0 spiro atoms. The summed E-state index contributed by atoms with van der Waals surface area (Å²) in [5.74, 6) is -2.08. The second kappa shape index (κ2) is 11.3. The number of alkyl halides is 3. The molecule has 0 unspecified atom stereocenters. The summed E-state index contributed by atoms with van der Waals surface area (Å²) in [5, 5.41) is 7.12. The van der Waals surface area contributed by atoms with Crippen LogP contribution in [0, 0.1) is 5.92 Å². The molecule has 3 atom stereocenters. The number of nitrogens with zero attached hydrogens (tertiary/aromatic N) is 1. The van der Waals surface area contributed by atoms with Gasteiger partial charge in [-0.15, -0.1) is 0 Å². The van der Waals surface area contributed by atoms with Gasteiger partial charge in [-0.3, -0.25) is 4.90 Å². The van der Waals surface area contributed by atoms with Crippen LogP contribution in [-0.4, -0.2) is 73.4 Å². The van der Waals surface area contributed by atoms with Crippen LogP contribution in [0.25, 0.3) is 0 Å². The predicted octanol–water partition coefficient (Wildman–Crippen LogP) is 3.48. The molecule has 0 bridgehead atoms. The van der Waals surface area contributed by atoms with Gasteiger partial charge in [-0.05, 0) is 44.1 Å². The van der Waals surface area contributed by atoms with Crippen molar-refractivity contribution >= 4 is 5.97 Å². The summed E-state index contributed by atoms with van der Waals surface area (Å²) in [6.07, 6.45) is 4.92. The highest BCUT2D eigenvalue weighted by atomic mass is 19.4. The predicted molar refractivity (Wildman–Crippen MR) is 103 cm³/mol. The fourth-order valence-electron chi connectivity index (χ4n) is 4.30. The minimum absolute atomic E-state index is 0.278. The number of rotatable bonds is 6. The van der Waals surface area contributed by atoms with Gasteiger partial charge in [0.25, 0.3) is 0 Å². The molecule has 176 valence electrons. The fourth-order valence-corrected chi connectivity index (χ4v) is 4.30. The highest BCUT2D eigenvalue weighted by Gasteiger charge is 2.40. The van der Waals surface area contributed by atoms with E-state index in [-0.39, 0.29) is 6.10 Å². The molecular formula is C21H30F3NO6. The normalized spacial score (nSPS) is 27.4. The maximum Gasteiger partial charge on any atom is 0.490 e. The van der Waals surface area contributed by atoms with Crippen LogP contribution in [0.4, 0.5) is 13.2 Å². The molecule has 3 saturated heterocycles. The molecule has 0 aliphatic carbocycles. The van der Waals surface area contributed by atoms with Gasteiger partial charge < -0.3 is 23.7 Å². The molecule has 0 amide bonds. The number of carboxylic acid groups (broad SMARTS) is 1. The van der Waals surface area contributed by atoms with Gasteiger partial charge in [0.1, 0.15) is 0 Å². The van der Waals surface area contributed by atoms with Crippen molar-refractivity contribution in [3.05, 3.63) is 24.2 Å². The molecule has 3 fully saturated rings. The van der Waals surface area contributed by atoms with Crippen LogP contribution in [-0.2, 0) is 25.5 Å². The molecule has 4 rings (SSSR count). The summed E-state index contributed by atoms with van der Waals surface area (Å²) < 4.78 is 54.6. The zero-order valence-corrected chi connectivity index (χ0v) is 17.4. The van der Waals surface area contributed by atoms with Crippen molar-refractivity contribution in [1.82, 2.24) is 4.90 Å². The lowest BCUT2D eigenvalue weighted by Crippen LogP contribution is -2.43. The monoisotopic (exact) mass is 449 g/mol. The molecule has 10 heteroatoms. The first-order chi connectivity index (χ1) is 14.8. The Bertz CT molecular complexity index is 663. The van der Waals surface area contributed by atoms with E-state index in [0.29, 0.717) is 18.1 Å². The number of carbonyl (C=O) groups is 1. The Morgan fingerprint density at radius 3 is 2.55 bits per heavy atom. The highest BCUT2D eigenvalue weighted by Crippen LogP contribution is 2.32. The molecule has 4 heterocycles. The van der Waals surface area contributed by atoms with Crippen LogP contribution in [0.2, 0.25) is 0 Å². The lowest BCUT2D eigenvalue weighted by atomic mass is 9.99. The summed E-state index contributed by atoms with van der Waals surface area (Å²) in [4.78, 5) is 11.4. The van der Waals surface area contributed by atoms with Crippen LogP contribution in [0.3, 0.4) is 0 Å². The third kappa shape index (κ3) is 7.48. The summed E-state index contributed by atoms with van der Waals surface area (Å²) in [7, 11) is 0. The number of ether oxygens (including phenoxy) is 3. The van der Waals surface area contributed by atoms with Crippen molar-refractivity contribution in [3.8, 4) is 0 Å². The molecule has 0 aromatic carbocycles. The Hall–Kier alpha value is -1.62. The van der Waals surface area contributed by atoms with Gasteiger partial charge in [0.05, 0.1) is 31.3 Å². The van der Waals surface area contributed by atoms with Crippen molar-refractivity contribution in [1.29, 1.82) is 0 Å². The molecule has 7 nitrogen and oxygen atoms in total. The van der Waals surface area contributed by atoms with E-state index < -0.39 is 12.1 Å². The first-order valence-electron chi connectivity index (χ1n) is 10.7. The largest absolute Gasteiger partial charge is 0.490 e. The molecule has 0 radical (unpaired) electrons. The SMILES string of the molecule is O=C(O)C(F)(F)F.c1cc(CN2CC[C@@H]3O[C@H](COCC4CCOCC4)CC[C@@H]32)co1. The lowest BCUT2D eigenvalue weighted by Gasteiger charge is -2.36. The molecule has 1 aromatic heterocycles. The average molecular weight is 449 g/mol. The van der Waals surface area contributed by atoms with Crippen LogP contribution in [0.5, 0.6) is 0 Å². The van der Waals surface area contributed by atoms with Crippen LogP contribution in [0.1, 0.15) is 37.7 Å². The van der Waals surface area contributed by atoms with E-state index in [1.165, 1.54) is 12.0 Å². The van der Waals surface area contributed by atoms with E-state index in [4.69, 9.17) is 28.5 Å². The average Bonchev–Trinajstić information content (AvgIpc) is 3.39. The van der Waals surface area contributed by atoms with Crippen molar-refractivity contribution in [2.75, 3.05) is 33.0 Å². The van der Waals surface area contributed by atoms with Crippen molar-refractivity contribution in [2.24, 2.45) is 5.92 Å². The van der Waals surface area contributed by atoms with Gasteiger partial charge >= 0.3 is 12.1 Å². The van der Waals surface area contributed by atoms with E-state index in [1.54, 1.807) is 6.26 Å². The zero-order valence-electron chi connectivity index (χ0n) is 17.4. The number of likely N-dealkylation sites (tertiary alicyclic amines) is 1. The Morgan fingerprint density at radius 1 is 1.16 bits per heavy atom. The highest BCUT2D eigenvalue weighted by molar-refractivity contribution is 5.73. The maximum absolute atomic E-state index is 10.6. The quantitative estimate of drug-likeness (QED) is 0.712. The topological polar surface area (TPSA) is 81.4 Å². The maximum atomic E-state index is 10.6. The third-order valence-corrected chi connectivity index (χ3v) is 5.96. The Morgan fingerprint density at radius 2 is 1.90 bits per heavy atom. The molecule has 3 aliphatic rings. The molecule has 31 heavy (non-hydrogen) atoms. The van der Waals surface area contributed by atoms with Gasteiger partial charge in [-0.1, -0.05) is 0 Å². The number of carboxylic acids is 1. The Balaban J connectivity index is 0.000000339. The number of aliphatic carboxylic acids is 1. The summed E-state index contributed by atoms with van der Waals surface area (Å²) in [6, 6.07) is 2.62. The third-order valence-electron chi connectivity index (χ3n) is 5.96. The molecule has 3 aliphatic heterocycles. The minimum atomic E-state index is -5.08. The first-order valence-corrected chi connectivity index (χ1v) is 10.7. The number of hydrogen-bond acceptors (Lipinski definition) is 6. The van der Waals surface area contributed by atoms with Crippen molar-refractivity contribution < 1.29 is 41.7 Å². The molecular weight excluding hydrogens is 419 g/mol. The van der Waals surface area contributed by atoms with Crippen molar-refractivity contribution in [3.63, 3.8) is 0 Å². The Kier molecular flexibility index (Phi) is 8.76. The summed E-state index contributed by atoms with van der Waals surface area (Å²) >= 11 is 0. The van der Waals surface area contributed by atoms with E-state index in [1.807, 2.05) is 6.26 Å². The second-order valence-electron chi connectivity index (χ2n) is 8.23. The van der Waals surface area contributed by atoms with Gasteiger partial charge in [-0.25, -0.2) is 4.79 Å². The van der Waals surface area contributed by atoms with Crippen molar-refractivity contribution in [2.45, 2.75) is 63.1 Å². The number of furan rings is 1. The molecule has 1 aromatic rings. The minimum Gasteiger partial charge on any atom is -0.475 e. The fraction of sp³-hybridized carbons (Fsp3) is 0.762. The molecule has 0 saturated carbocycles. The number of hydrogen-bond donors (Lipinski definition) is 1. The zero-order chi connectivity index (χ0) is 22.3. The van der Waals surface area contributed by atoms with Crippen LogP contribution in [0.15, 0.2) is 23.0 Å². The van der Waals surface area contributed by atoms with Crippen LogP contribution >= 0.6 is 0 Å². The molecule has 1 N–H and O–H groups in total. The van der Waals surface area contributed by atoms with Gasteiger partial charge in [0.15, 0.2) is 0 Å². The summed E-state index contributed by atoms with van der Waals surface area (Å²) in [5.41, 5.74) is 1.26. The summed E-state index contributed by atoms with van der Waals surface area (Å²) in [6.45, 7) is 5.50. The first kappa shape index (κ1) is 24.0. The Labute approximate surface area is 179 Å². The standard InChI is InChI=1S/C19H29NO4.C2HF3O2/c1-2-18-19(3-7-20(18)11-16-6-10-22-13-16)24-17(1)14-23-12-15-4-8-21-9-5-15;3-2(4,5)1(6)7/h6,10,13,15,17-19H,1-5,7-9,11-12,14H2;(H,6,7)/t17-,18-,19-;/m0./s1. The number of fused-ring (bicyclic) bond motifs is 1. The van der Waals surface area contributed by atoms with Gasteiger partial charge in [0, 0.05) is 44.5 Å².